The summed E-state index contributed by atoms with van der Waals surface area (Å²) in [6.45, 7) is 6.22. The highest BCUT2D eigenvalue weighted by Gasteiger charge is 2.27. The van der Waals surface area contributed by atoms with E-state index in [9.17, 15) is 58.8 Å². The Balaban J connectivity index is 1.75. The van der Waals surface area contributed by atoms with Gasteiger partial charge in [-0.15, -0.1) is 0 Å². The first-order valence-electron chi connectivity index (χ1n) is 31.0. The maximum absolute atomic E-state index is 13.5. The van der Waals surface area contributed by atoms with E-state index in [-0.39, 0.29) is 139 Å². The van der Waals surface area contributed by atoms with Gasteiger partial charge >= 0.3 is 23.9 Å². The molecule has 90 heavy (non-hydrogen) atoms. The summed E-state index contributed by atoms with van der Waals surface area (Å²) in [4.78, 5) is 102. The van der Waals surface area contributed by atoms with E-state index >= 15 is 0 Å². The quantitative estimate of drug-likeness (QED) is 0.0171. The average molecular weight is 1260 g/mol. The molecule has 4 aromatic rings. The number of fused-ring (bicyclic) bond motifs is 2. The Morgan fingerprint density at radius 2 is 0.578 bits per heavy atom. The summed E-state index contributed by atoms with van der Waals surface area (Å²) in [6, 6.07) is 13.1. The molecule has 2 aliphatic rings. The number of rotatable bonds is 28. The number of carbonyl (C=O) groups is 8. The van der Waals surface area contributed by atoms with Crippen LogP contribution in [0.4, 0.5) is 22.7 Å². The number of aliphatic carboxylic acids is 4. The van der Waals surface area contributed by atoms with Crippen molar-refractivity contribution in [3.05, 3.63) is 93.0 Å². The fourth-order valence-corrected chi connectivity index (χ4v) is 10.6. The van der Waals surface area contributed by atoms with Crippen LogP contribution in [0.1, 0.15) is 161 Å². The topological polar surface area (TPSA) is 339 Å². The maximum Gasteiger partial charge on any atom is 0.312 e. The number of benzene rings is 4. The number of unbranched alkanes of at least 4 members (excludes halogenated alkanes) is 10. The minimum atomic E-state index is -1.38. The molecule has 1 aliphatic carbocycles. The normalized spacial score (nSPS) is 13.9. The molecule has 490 valence electrons. The van der Waals surface area contributed by atoms with Crippen molar-refractivity contribution in [1.82, 2.24) is 0 Å². The molecule has 24 heteroatoms. The fourth-order valence-electron chi connectivity index (χ4n) is 10.6. The molecule has 0 unspecified atom stereocenters. The Bertz CT molecular complexity index is 2790. The Kier molecular flexibility index (Phi) is 30.1. The largest absolute Gasteiger partial charge is 0.493 e. The van der Waals surface area contributed by atoms with Crippen molar-refractivity contribution in [3.8, 4) is 23.0 Å². The summed E-state index contributed by atoms with van der Waals surface area (Å²) >= 11 is 0. The first-order valence-corrected chi connectivity index (χ1v) is 31.0. The first-order chi connectivity index (χ1) is 43.5. The van der Waals surface area contributed by atoms with Gasteiger partial charge in [-0.1, -0.05) is 78.1 Å². The summed E-state index contributed by atoms with van der Waals surface area (Å²) in [5, 5.41) is 50.0. The third-order valence-corrected chi connectivity index (χ3v) is 14.4. The van der Waals surface area contributed by atoms with E-state index in [1.54, 1.807) is 48.5 Å². The molecule has 0 fully saturated rings. The number of carbonyl (C=O) groups excluding carboxylic acids is 4. The lowest BCUT2D eigenvalue weighted by atomic mass is 9.90. The molecular formula is C66H86N4O20. The van der Waals surface area contributed by atoms with Crippen molar-refractivity contribution in [2.75, 3.05) is 101 Å². The van der Waals surface area contributed by atoms with Crippen LogP contribution in [0.15, 0.2) is 48.5 Å². The number of nitrogens with one attached hydrogen (secondary N) is 4. The van der Waals surface area contributed by atoms with Gasteiger partial charge in [0.15, 0.2) is 0 Å². The summed E-state index contributed by atoms with van der Waals surface area (Å²) in [5.41, 5.74) is 4.11. The number of hydrogen-bond donors (Lipinski definition) is 8. The number of amides is 4. The molecular weight excluding hydrogens is 1170 g/mol. The predicted octanol–water partition coefficient (Wildman–Crippen LogP) is 9.33. The highest BCUT2D eigenvalue weighted by molar-refractivity contribution is 6.03. The lowest BCUT2D eigenvalue weighted by molar-refractivity contribution is -0.141. The monoisotopic (exact) mass is 1250 g/mol. The summed E-state index contributed by atoms with van der Waals surface area (Å²) in [6.07, 6.45) is 7.31. The minimum absolute atomic E-state index is 0.0353. The highest BCUT2D eigenvalue weighted by Crippen LogP contribution is 2.43. The first kappa shape index (κ1) is 70.8. The third-order valence-electron chi connectivity index (χ3n) is 14.4. The number of anilines is 4. The van der Waals surface area contributed by atoms with Gasteiger partial charge in [0.2, 0.25) is 23.6 Å². The van der Waals surface area contributed by atoms with Gasteiger partial charge in [0, 0.05) is 92.9 Å². The van der Waals surface area contributed by atoms with Crippen molar-refractivity contribution < 1.29 is 96.7 Å². The second kappa shape index (κ2) is 38.3. The van der Waals surface area contributed by atoms with Gasteiger partial charge in [-0.25, -0.2) is 0 Å². The fraction of sp³-hybridized carbons (Fsp3) is 0.515. The van der Waals surface area contributed by atoms with E-state index in [0.717, 1.165) is 64.2 Å². The number of hydrogen-bond acceptors (Lipinski definition) is 16. The van der Waals surface area contributed by atoms with Gasteiger partial charge in [-0.2, -0.15) is 0 Å². The second-order valence-electron chi connectivity index (χ2n) is 22.1. The van der Waals surface area contributed by atoms with Crippen LogP contribution >= 0.6 is 0 Å². The van der Waals surface area contributed by atoms with Crippen LogP contribution in [0.3, 0.4) is 0 Å². The van der Waals surface area contributed by atoms with Gasteiger partial charge in [-0.05, 0) is 61.4 Å². The predicted molar refractivity (Wildman–Crippen MR) is 333 cm³/mol. The van der Waals surface area contributed by atoms with Crippen LogP contribution in [-0.4, -0.2) is 147 Å². The molecule has 4 aromatic carbocycles. The number of carboxylic acids is 4. The summed E-state index contributed by atoms with van der Waals surface area (Å²) < 4.78 is 50.9. The van der Waals surface area contributed by atoms with Crippen molar-refractivity contribution in [1.29, 1.82) is 0 Å². The zero-order valence-electron chi connectivity index (χ0n) is 51.6. The average Bonchev–Trinajstić information content (AvgIpc) is 0.843. The van der Waals surface area contributed by atoms with E-state index in [2.05, 4.69) is 35.1 Å². The Morgan fingerprint density at radius 1 is 0.344 bits per heavy atom. The van der Waals surface area contributed by atoms with Gasteiger partial charge < -0.3 is 79.6 Å². The van der Waals surface area contributed by atoms with Crippen LogP contribution in [0.5, 0.6) is 23.0 Å². The SMILES string of the molecule is CCCCCCCCOc1c2cc(NC(=O)CC(=O)O)cc1Cc1cc(NC(=O)CC(=O)O)cc3c1OCCOCCOCCOCCOCCOc1c(cc(NC(=O)CC(=O)O)cc1Cc1cc(NC(=O)CC(=O)O)cc(c1OCCCCCCCC)C3)C2. The maximum atomic E-state index is 13.5. The van der Waals surface area contributed by atoms with Crippen molar-refractivity contribution in [2.24, 2.45) is 0 Å². The molecule has 0 saturated carbocycles. The molecule has 1 aliphatic heterocycles. The molecule has 1 heterocycles. The molecule has 8 N–H and O–H groups in total. The molecule has 6 rings (SSSR count). The third kappa shape index (κ3) is 24.9. The molecule has 0 aromatic heterocycles. The lowest BCUT2D eigenvalue weighted by Crippen LogP contribution is -2.18. The minimum Gasteiger partial charge on any atom is -0.493 e. The number of ether oxygens (including phenoxy) is 8. The molecule has 0 radical (unpaired) electrons. The van der Waals surface area contributed by atoms with Gasteiger partial charge in [-0.3, -0.25) is 38.4 Å². The zero-order valence-corrected chi connectivity index (χ0v) is 51.6. The van der Waals surface area contributed by atoms with E-state index < -0.39 is 73.2 Å². The van der Waals surface area contributed by atoms with Crippen LogP contribution in [-0.2, 0) is 83.0 Å². The zero-order chi connectivity index (χ0) is 64.6. The Morgan fingerprint density at radius 3 is 0.833 bits per heavy atom. The van der Waals surface area contributed by atoms with Crippen molar-refractivity contribution in [3.63, 3.8) is 0 Å². The van der Waals surface area contributed by atoms with Gasteiger partial charge in [0.25, 0.3) is 0 Å². The van der Waals surface area contributed by atoms with Crippen LogP contribution < -0.4 is 40.2 Å². The number of carboxylic acid groups (broad SMARTS) is 4. The second-order valence-corrected chi connectivity index (χ2v) is 22.1. The lowest BCUT2D eigenvalue weighted by Gasteiger charge is -2.25. The van der Waals surface area contributed by atoms with E-state index in [1.165, 1.54) is 0 Å². The van der Waals surface area contributed by atoms with Gasteiger partial charge in [0.05, 0.1) is 66.1 Å². The van der Waals surface area contributed by atoms with Crippen LogP contribution in [0.25, 0.3) is 0 Å². The highest BCUT2D eigenvalue weighted by atomic mass is 16.6. The van der Waals surface area contributed by atoms with Gasteiger partial charge in [0.1, 0.15) is 61.9 Å². The molecule has 0 atom stereocenters. The summed E-state index contributed by atoms with van der Waals surface area (Å²) in [7, 11) is 0. The molecule has 10 bridgehead atoms. The molecule has 0 spiro atoms. The molecule has 0 saturated heterocycles. The van der Waals surface area contributed by atoms with E-state index in [4.69, 9.17) is 37.9 Å². The Labute approximate surface area is 523 Å². The molecule has 4 amide bonds. The van der Waals surface area contributed by atoms with Crippen molar-refractivity contribution >= 4 is 70.3 Å². The molecule has 24 nitrogen and oxygen atoms in total. The van der Waals surface area contributed by atoms with Crippen molar-refractivity contribution in [2.45, 2.75) is 142 Å². The standard InChI is InChI=1S/C66H86N4O20/c1-3-5-7-9-11-13-15-87-63-43-27-47-35-53(69-57(73)41-61(79)80)37-49-29-45-33-52(68-56(72)40-60(77)78)34-46(64(45)88-16-14-12-10-8-6-4-2)30-50-38-54(70-58(74)42-62(81)82)36-48(28-44(63)32-51(31-43)67-55(71)39-59(75)76)66(50)90-26-24-86-22-20-84-18-17-83-19-21-85-23-25-89-65(47)49/h31-38H,3-30,39-42H2,1-2H3,(H,67,71)(H,68,72)(H,69,73)(H,70,74)(H,75,76)(H,77,78)(H,79,80)(H,81,82). The van der Waals surface area contributed by atoms with Crippen LogP contribution in [0.2, 0.25) is 0 Å². The van der Waals surface area contributed by atoms with Crippen LogP contribution in [0, 0.1) is 0 Å². The Hall–Kier alpha value is -8.32. The summed E-state index contributed by atoms with van der Waals surface area (Å²) in [5.74, 6) is -7.60. The van der Waals surface area contributed by atoms with E-state index in [1.807, 2.05) is 0 Å². The smallest absolute Gasteiger partial charge is 0.312 e. The van der Waals surface area contributed by atoms with E-state index in [0.29, 0.717) is 68.8 Å².